The van der Waals surface area contributed by atoms with Gasteiger partial charge in [-0.25, -0.2) is 4.99 Å². The third-order valence-electron chi connectivity index (χ3n) is 3.93. The number of carbonyl (C=O) groups excluding carboxylic acids is 1. The number of hydrogen-bond acceptors (Lipinski definition) is 4. The van der Waals surface area contributed by atoms with E-state index in [9.17, 15) is 4.79 Å². The van der Waals surface area contributed by atoms with Gasteiger partial charge in [-0.3, -0.25) is 4.79 Å². The van der Waals surface area contributed by atoms with Gasteiger partial charge >= 0.3 is 0 Å². The normalized spacial score (nSPS) is 17.0. The lowest BCUT2D eigenvalue weighted by Gasteiger charge is -2.06. The van der Waals surface area contributed by atoms with Gasteiger partial charge in [0, 0.05) is 0 Å². The monoisotopic (exact) mass is 478 g/mol. The van der Waals surface area contributed by atoms with Crippen molar-refractivity contribution in [3.8, 4) is 5.75 Å². The summed E-state index contributed by atoms with van der Waals surface area (Å²) in [4.78, 5) is 17.4. The van der Waals surface area contributed by atoms with Crippen LogP contribution in [0, 0.1) is 17.4 Å². The molecule has 0 bridgehead atoms. The predicted octanol–water partition coefficient (Wildman–Crippen LogP) is 5.20. The highest BCUT2D eigenvalue weighted by Gasteiger charge is 2.23. The van der Waals surface area contributed by atoms with Crippen molar-refractivity contribution < 1.29 is 9.53 Å². The molecule has 1 aliphatic heterocycles. The number of ether oxygens (including phenoxy) is 1. The molecule has 0 aromatic heterocycles. The molecule has 1 heterocycles. The van der Waals surface area contributed by atoms with Crippen LogP contribution in [-0.2, 0) is 4.79 Å². The first-order chi connectivity index (χ1) is 12.5. The van der Waals surface area contributed by atoms with Crippen molar-refractivity contribution in [2.45, 2.75) is 20.8 Å². The van der Waals surface area contributed by atoms with E-state index in [1.807, 2.05) is 49.4 Å². The summed E-state index contributed by atoms with van der Waals surface area (Å²) in [7, 11) is 0. The summed E-state index contributed by atoms with van der Waals surface area (Å²) < 4.78 is 6.57. The van der Waals surface area contributed by atoms with Gasteiger partial charge in [-0.05, 0) is 102 Å². The Hall–Kier alpha value is -1.80. The number of rotatable bonds is 4. The summed E-state index contributed by atoms with van der Waals surface area (Å²) >= 11 is 3.60. The van der Waals surface area contributed by atoms with Crippen molar-refractivity contribution in [3.05, 3.63) is 61.6 Å². The molecular weight excluding hydrogens is 459 g/mol. The number of halogens is 1. The van der Waals surface area contributed by atoms with Crippen LogP contribution in [0.15, 0.2) is 46.3 Å². The van der Waals surface area contributed by atoms with E-state index in [1.165, 1.54) is 22.9 Å². The number of amidine groups is 1. The molecule has 0 atom stereocenters. The molecule has 1 aliphatic rings. The van der Waals surface area contributed by atoms with Crippen LogP contribution in [-0.4, -0.2) is 17.7 Å². The minimum atomic E-state index is -0.124. The van der Waals surface area contributed by atoms with Crippen LogP contribution in [0.2, 0.25) is 0 Å². The van der Waals surface area contributed by atoms with E-state index >= 15 is 0 Å². The van der Waals surface area contributed by atoms with Gasteiger partial charge in [0.1, 0.15) is 5.75 Å². The molecular formula is C20H19IN2O2S. The van der Waals surface area contributed by atoms with Gasteiger partial charge in [-0.2, -0.15) is 0 Å². The number of aliphatic imine (C=N–C) groups is 1. The minimum absolute atomic E-state index is 0.124. The van der Waals surface area contributed by atoms with E-state index in [0.29, 0.717) is 16.7 Å². The standard InChI is InChI=1S/C20H19IN2O2S/c1-4-25-17-8-6-14(10-16(17)21)11-18-19(24)23-20(26-18)22-15-7-5-12(2)13(3)9-15/h5-11H,4H2,1-3H3,(H,22,23,24). The smallest absolute Gasteiger partial charge is 0.264 e. The quantitative estimate of drug-likeness (QED) is 0.486. The molecule has 0 saturated carbocycles. The molecule has 0 unspecified atom stereocenters. The Morgan fingerprint density at radius 3 is 2.69 bits per heavy atom. The lowest BCUT2D eigenvalue weighted by molar-refractivity contribution is -0.115. The molecule has 1 fully saturated rings. The molecule has 26 heavy (non-hydrogen) atoms. The number of hydrogen-bond donors (Lipinski definition) is 1. The Balaban J connectivity index is 1.81. The van der Waals surface area contributed by atoms with Gasteiger partial charge in [-0.15, -0.1) is 0 Å². The molecule has 3 rings (SSSR count). The molecule has 0 aliphatic carbocycles. The summed E-state index contributed by atoms with van der Waals surface area (Å²) in [6, 6.07) is 11.9. The maximum absolute atomic E-state index is 12.2. The lowest BCUT2D eigenvalue weighted by Crippen LogP contribution is -2.19. The zero-order valence-corrected chi connectivity index (χ0v) is 17.8. The third-order valence-corrected chi connectivity index (χ3v) is 5.68. The van der Waals surface area contributed by atoms with E-state index in [-0.39, 0.29) is 5.91 Å². The van der Waals surface area contributed by atoms with Crippen molar-refractivity contribution in [2.24, 2.45) is 4.99 Å². The highest BCUT2D eigenvalue weighted by molar-refractivity contribution is 14.1. The maximum atomic E-state index is 12.2. The van der Waals surface area contributed by atoms with E-state index in [2.05, 4.69) is 46.7 Å². The average Bonchev–Trinajstić information content (AvgIpc) is 2.93. The number of benzene rings is 2. The number of thioether (sulfide) groups is 1. The average molecular weight is 478 g/mol. The highest BCUT2D eigenvalue weighted by Crippen LogP contribution is 2.30. The molecule has 2 aromatic carbocycles. The Bertz CT molecular complexity index is 922. The van der Waals surface area contributed by atoms with Gasteiger partial charge in [0.05, 0.1) is 20.8 Å². The van der Waals surface area contributed by atoms with Crippen molar-refractivity contribution in [3.63, 3.8) is 0 Å². The number of carbonyl (C=O) groups is 1. The third kappa shape index (κ3) is 4.48. The number of aryl methyl sites for hydroxylation is 2. The molecule has 134 valence electrons. The summed E-state index contributed by atoms with van der Waals surface area (Å²) in [6.45, 7) is 6.71. The maximum Gasteiger partial charge on any atom is 0.264 e. The van der Waals surface area contributed by atoms with Crippen molar-refractivity contribution in [1.82, 2.24) is 5.32 Å². The van der Waals surface area contributed by atoms with Crippen LogP contribution in [0.3, 0.4) is 0 Å². The van der Waals surface area contributed by atoms with Gasteiger partial charge in [0.25, 0.3) is 5.91 Å². The minimum Gasteiger partial charge on any atom is -0.493 e. The second-order valence-electron chi connectivity index (χ2n) is 5.87. The summed E-state index contributed by atoms with van der Waals surface area (Å²) in [6.07, 6.45) is 1.88. The van der Waals surface area contributed by atoms with Crippen LogP contribution in [0.5, 0.6) is 5.75 Å². The SMILES string of the molecule is CCOc1ccc(C=C2SC(=Nc3ccc(C)c(C)c3)NC2=O)cc1I. The molecule has 0 radical (unpaired) electrons. The van der Waals surface area contributed by atoms with Gasteiger partial charge in [-0.1, -0.05) is 12.1 Å². The first kappa shape index (κ1) is 19.0. The van der Waals surface area contributed by atoms with Crippen LogP contribution in [0.1, 0.15) is 23.6 Å². The van der Waals surface area contributed by atoms with Crippen LogP contribution in [0.25, 0.3) is 6.08 Å². The topological polar surface area (TPSA) is 50.7 Å². The van der Waals surface area contributed by atoms with Crippen LogP contribution >= 0.6 is 34.4 Å². The number of nitrogens with zero attached hydrogens (tertiary/aromatic N) is 1. The fourth-order valence-corrected chi connectivity index (χ4v) is 3.96. The first-order valence-electron chi connectivity index (χ1n) is 8.25. The summed E-state index contributed by atoms with van der Waals surface area (Å²) in [5, 5.41) is 3.43. The zero-order chi connectivity index (χ0) is 18.7. The predicted molar refractivity (Wildman–Crippen MR) is 117 cm³/mol. The Morgan fingerprint density at radius 1 is 1.19 bits per heavy atom. The van der Waals surface area contributed by atoms with E-state index < -0.39 is 0 Å². The summed E-state index contributed by atoms with van der Waals surface area (Å²) in [5.41, 5.74) is 4.21. The summed E-state index contributed by atoms with van der Waals surface area (Å²) in [5.74, 6) is 0.734. The molecule has 2 aromatic rings. The number of nitrogens with one attached hydrogen (secondary N) is 1. The van der Waals surface area contributed by atoms with E-state index in [0.717, 1.165) is 20.6 Å². The van der Waals surface area contributed by atoms with Crippen molar-refractivity contribution in [1.29, 1.82) is 0 Å². The van der Waals surface area contributed by atoms with E-state index in [1.54, 1.807) is 0 Å². The van der Waals surface area contributed by atoms with Gasteiger partial charge in [0.15, 0.2) is 5.17 Å². The fraction of sp³-hybridized carbons (Fsp3) is 0.200. The second-order valence-corrected chi connectivity index (χ2v) is 8.07. The second kappa shape index (κ2) is 8.26. The Morgan fingerprint density at radius 2 is 2.00 bits per heavy atom. The van der Waals surface area contributed by atoms with Crippen molar-refractivity contribution >= 4 is 57.2 Å². The first-order valence-corrected chi connectivity index (χ1v) is 10.1. The molecule has 1 amide bonds. The molecule has 1 N–H and O–H groups in total. The lowest BCUT2D eigenvalue weighted by atomic mass is 10.1. The molecule has 1 saturated heterocycles. The highest BCUT2D eigenvalue weighted by atomic mass is 127. The van der Waals surface area contributed by atoms with Crippen LogP contribution in [0.4, 0.5) is 5.69 Å². The van der Waals surface area contributed by atoms with E-state index in [4.69, 9.17) is 4.74 Å². The largest absolute Gasteiger partial charge is 0.493 e. The molecule has 0 spiro atoms. The van der Waals surface area contributed by atoms with Gasteiger partial charge in [0.2, 0.25) is 0 Å². The molecule has 6 heteroatoms. The Labute approximate surface area is 171 Å². The zero-order valence-electron chi connectivity index (χ0n) is 14.8. The van der Waals surface area contributed by atoms with Crippen LogP contribution < -0.4 is 10.1 Å². The van der Waals surface area contributed by atoms with Crippen molar-refractivity contribution in [2.75, 3.05) is 6.61 Å². The van der Waals surface area contributed by atoms with Gasteiger partial charge < -0.3 is 10.1 Å². The number of amides is 1. The molecule has 4 nitrogen and oxygen atoms in total. The fourth-order valence-electron chi connectivity index (χ4n) is 2.42. The Kier molecular flexibility index (Phi) is 6.03.